The van der Waals surface area contributed by atoms with Crippen LogP contribution in [0, 0.1) is 0 Å². The normalized spacial score (nSPS) is 13.2. The molecule has 0 fully saturated rings. The number of ether oxygens (including phenoxy) is 1. The Kier molecular flexibility index (Phi) is 3.81. The molecule has 0 bridgehead atoms. The third kappa shape index (κ3) is 2.28. The standard InChI is InChI=1S/C4H7BrO3/c1-8-3(2-5)4(6)7/h3H,2H2,1H3,(H,6,7). The van der Waals surface area contributed by atoms with Gasteiger partial charge in [-0.05, 0) is 0 Å². The molecule has 0 aliphatic rings. The first-order chi connectivity index (χ1) is 3.72. The van der Waals surface area contributed by atoms with Crippen molar-refractivity contribution < 1.29 is 14.6 Å². The van der Waals surface area contributed by atoms with Gasteiger partial charge < -0.3 is 9.84 Å². The molecule has 8 heavy (non-hydrogen) atoms. The lowest BCUT2D eigenvalue weighted by atomic mass is 10.4. The van der Waals surface area contributed by atoms with E-state index in [-0.39, 0.29) is 0 Å². The monoisotopic (exact) mass is 182 g/mol. The first-order valence-corrected chi connectivity index (χ1v) is 3.16. The zero-order valence-corrected chi connectivity index (χ0v) is 6.01. The van der Waals surface area contributed by atoms with Crippen LogP contribution in [0.2, 0.25) is 0 Å². The van der Waals surface area contributed by atoms with Gasteiger partial charge in [0.25, 0.3) is 0 Å². The fraction of sp³-hybridized carbons (Fsp3) is 0.750. The van der Waals surface area contributed by atoms with Gasteiger partial charge in [0, 0.05) is 12.4 Å². The SMILES string of the molecule is COC(CBr)C(=O)O. The zero-order valence-electron chi connectivity index (χ0n) is 4.43. The molecule has 0 aliphatic heterocycles. The van der Waals surface area contributed by atoms with Crippen LogP contribution in [0.3, 0.4) is 0 Å². The Morgan fingerprint density at radius 3 is 2.50 bits per heavy atom. The van der Waals surface area contributed by atoms with Gasteiger partial charge in [-0.2, -0.15) is 0 Å². The number of methoxy groups -OCH3 is 1. The van der Waals surface area contributed by atoms with Crippen LogP contribution in [0.25, 0.3) is 0 Å². The lowest BCUT2D eigenvalue weighted by molar-refractivity contribution is -0.146. The second kappa shape index (κ2) is 3.86. The molecule has 0 aliphatic carbocycles. The largest absolute Gasteiger partial charge is 0.479 e. The molecule has 0 amide bonds. The summed E-state index contributed by atoms with van der Waals surface area (Å²) in [6, 6.07) is 0. The van der Waals surface area contributed by atoms with E-state index in [1.165, 1.54) is 7.11 Å². The van der Waals surface area contributed by atoms with Crippen molar-refractivity contribution in [3.63, 3.8) is 0 Å². The third-order valence-corrected chi connectivity index (χ3v) is 1.29. The van der Waals surface area contributed by atoms with E-state index < -0.39 is 12.1 Å². The van der Waals surface area contributed by atoms with Crippen molar-refractivity contribution in [1.29, 1.82) is 0 Å². The van der Waals surface area contributed by atoms with E-state index in [9.17, 15) is 4.79 Å². The molecule has 4 heteroatoms. The van der Waals surface area contributed by atoms with Crippen LogP contribution >= 0.6 is 15.9 Å². The predicted molar refractivity (Wildman–Crippen MR) is 32.2 cm³/mol. The van der Waals surface area contributed by atoms with Crippen molar-refractivity contribution in [2.45, 2.75) is 6.10 Å². The van der Waals surface area contributed by atoms with Crippen LogP contribution in [0.15, 0.2) is 0 Å². The number of hydrogen-bond donors (Lipinski definition) is 1. The van der Waals surface area contributed by atoms with Crippen molar-refractivity contribution in [2.75, 3.05) is 12.4 Å². The maximum Gasteiger partial charge on any atom is 0.333 e. The van der Waals surface area contributed by atoms with Gasteiger partial charge in [-0.1, -0.05) is 15.9 Å². The molecule has 1 unspecified atom stereocenters. The average molecular weight is 183 g/mol. The maximum absolute atomic E-state index is 10.0. The number of carbonyl (C=O) groups is 1. The van der Waals surface area contributed by atoms with Crippen molar-refractivity contribution in [1.82, 2.24) is 0 Å². The number of carboxylic acids is 1. The van der Waals surface area contributed by atoms with Crippen molar-refractivity contribution in [2.24, 2.45) is 0 Å². The molecular formula is C4H7BrO3. The number of carboxylic acid groups (broad SMARTS) is 1. The molecule has 0 aromatic rings. The van der Waals surface area contributed by atoms with Crippen molar-refractivity contribution >= 4 is 21.9 Å². The highest BCUT2D eigenvalue weighted by Gasteiger charge is 2.12. The minimum atomic E-state index is -0.940. The molecule has 48 valence electrons. The van der Waals surface area contributed by atoms with Crippen molar-refractivity contribution in [3.8, 4) is 0 Å². The van der Waals surface area contributed by atoms with Crippen LogP contribution in [0.4, 0.5) is 0 Å². The van der Waals surface area contributed by atoms with Gasteiger partial charge in [0.2, 0.25) is 0 Å². The summed E-state index contributed by atoms with van der Waals surface area (Å²) in [7, 11) is 1.36. The highest BCUT2D eigenvalue weighted by Crippen LogP contribution is 1.93. The Balaban J connectivity index is 3.52. The summed E-state index contributed by atoms with van der Waals surface area (Å²) in [6.07, 6.45) is -0.713. The number of aliphatic carboxylic acids is 1. The topological polar surface area (TPSA) is 46.5 Å². The fourth-order valence-corrected chi connectivity index (χ4v) is 0.771. The molecule has 0 radical (unpaired) electrons. The summed E-state index contributed by atoms with van der Waals surface area (Å²) in [6.45, 7) is 0. The van der Waals surface area contributed by atoms with E-state index in [2.05, 4.69) is 20.7 Å². The average Bonchev–Trinajstić information content (AvgIpc) is 1.69. The molecule has 3 nitrogen and oxygen atoms in total. The second-order valence-corrected chi connectivity index (χ2v) is 1.86. The predicted octanol–water partition coefficient (Wildman–Crippen LogP) is 0.481. The van der Waals surface area contributed by atoms with Crippen molar-refractivity contribution in [3.05, 3.63) is 0 Å². The molecule has 0 saturated heterocycles. The molecule has 0 saturated carbocycles. The van der Waals surface area contributed by atoms with Gasteiger partial charge in [0.15, 0.2) is 6.10 Å². The summed E-state index contributed by atoms with van der Waals surface area (Å²) in [5.74, 6) is -0.940. The lowest BCUT2D eigenvalue weighted by Crippen LogP contribution is -2.23. The number of halogens is 1. The highest BCUT2D eigenvalue weighted by atomic mass is 79.9. The van der Waals surface area contributed by atoms with Gasteiger partial charge in [-0.3, -0.25) is 0 Å². The summed E-state index contributed by atoms with van der Waals surface area (Å²) < 4.78 is 4.51. The molecule has 1 atom stereocenters. The minimum Gasteiger partial charge on any atom is -0.479 e. The van der Waals surface area contributed by atoms with Gasteiger partial charge in [-0.25, -0.2) is 4.79 Å². The summed E-state index contributed by atoms with van der Waals surface area (Å²) >= 11 is 2.97. The fourth-order valence-electron chi connectivity index (χ4n) is 0.230. The van der Waals surface area contributed by atoms with Crippen LogP contribution in [-0.4, -0.2) is 29.6 Å². The van der Waals surface area contributed by atoms with E-state index in [4.69, 9.17) is 5.11 Å². The quantitative estimate of drug-likeness (QED) is 0.647. The molecule has 0 spiro atoms. The molecule has 0 heterocycles. The van der Waals surface area contributed by atoms with Gasteiger partial charge in [0.1, 0.15) is 0 Å². The summed E-state index contributed by atoms with van der Waals surface area (Å²) in [5.41, 5.74) is 0. The third-order valence-electron chi connectivity index (χ3n) is 0.700. The Labute approximate surface area is 55.8 Å². The Bertz CT molecular complexity index is 79.4. The van der Waals surface area contributed by atoms with Gasteiger partial charge in [-0.15, -0.1) is 0 Å². The maximum atomic E-state index is 10.0. The van der Waals surface area contributed by atoms with E-state index in [0.717, 1.165) is 0 Å². The minimum absolute atomic E-state index is 0.332. The van der Waals surface area contributed by atoms with E-state index in [1.54, 1.807) is 0 Å². The highest BCUT2D eigenvalue weighted by molar-refractivity contribution is 9.09. The Morgan fingerprint density at radius 1 is 2.00 bits per heavy atom. The van der Waals surface area contributed by atoms with E-state index in [1.807, 2.05) is 0 Å². The Hall–Kier alpha value is -0.0900. The number of hydrogen-bond acceptors (Lipinski definition) is 2. The second-order valence-electron chi connectivity index (χ2n) is 1.22. The van der Waals surface area contributed by atoms with Crippen LogP contribution in [0.1, 0.15) is 0 Å². The smallest absolute Gasteiger partial charge is 0.333 e. The van der Waals surface area contributed by atoms with Crippen LogP contribution < -0.4 is 0 Å². The Morgan fingerprint density at radius 2 is 2.50 bits per heavy atom. The molecule has 0 rings (SSSR count). The van der Waals surface area contributed by atoms with E-state index in [0.29, 0.717) is 5.33 Å². The molecule has 0 aromatic heterocycles. The first-order valence-electron chi connectivity index (χ1n) is 2.04. The zero-order chi connectivity index (χ0) is 6.57. The first kappa shape index (κ1) is 7.91. The van der Waals surface area contributed by atoms with E-state index >= 15 is 0 Å². The molecule has 0 aromatic carbocycles. The van der Waals surface area contributed by atoms with Crippen LogP contribution in [-0.2, 0) is 9.53 Å². The molecule has 1 N–H and O–H groups in total. The van der Waals surface area contributed by atoms with Gasteiger partial charge in [0.05, 0.1) is 0 Å². The lowest BCUT2D eigenvalue weighted by Gasteiger charge is -2.03. The molecular weight excluding hydrogens is 176 g/mol. The summed E-state index contributed by atoms with van der Waals surface area (Å²) in [4.78, 5) is 10.0. The van der Waals surface area contributed by atoms with Crippen LogP contribution in [0.5, 0.6) is 0 Å². The van der Waals surface area contributed by atoms with Gasteiger partial charge >= 0.3 is 5.97 Å². The summed E-state index contributed by atoms with van der Waals surface area (Å²) in [5, 5.41) is 8.55. The number of alkyl halides is 1. The number of rotatable bonds is 3.